The number of benzene rings is 2. The Hall–Kier alpha value is -3.19. The third kappa shape index (κ3) is 4.18. The molecule has 1 fully saturated rings. The molecule has 1 aliphatic rings. The molecule has 0 aromatic heterocycles. The van der Waals surface area contributed by atoms with Crippen LogP contribution in [0.4, 0.5) is 0 Å². The van der Waals surface area contributed by atoms with E-state index in [-0.39, 0.29) is 33.4 Å². The molecule has 31 heavy (non-hydrogen) atoms. The molecule has 1 heterocycles. The minimum absolute atomic E-state index is 0.0631. The number of ketones is 1. The van der Waals surface area contributed by atoms with Crippen LogP contribution in [-0.4, -0.2) is 47.6 Å². The lowest BCUT2D eigenvalue weighted by atomic mass is 9.95. The first-order valence-corrected chi connectivity index (χ1v) is 10.2. The van der Waals surface area contributed by atoms with E-state index in [1.807, 2.05) is 6.92 Å². The van der Waals surface area contributed by atoms with E-state index in [0.29, 0.717) is 24.3 Å². The molecule has 7 nitrogen and oxygen atoms in total. The fourth-order valence-corrected chi connectivity index (χ4v) is 3.89. The van der Waals surface area contributed by atoms with E-state index in [9.17, 15) is 19.8 Å². The van der Waals surface area contributed by atoms with E-state index >= 15 is 0 Å². The van der Waals surface area contributed by atoms with E-state index in [0.717, 1.165) is 6.42 Å². The van der Waals surface area contributed by atoms with Crippen LogP contribution in [0.15, 0.2) is 42.0 Å². The number of aromatic hydroxyl groups is 1. The summed E-state index contributed by atoms with van der Waals surface area (Å²) in [5.74, 6) is -1.29. The molecule has 0 saturated carbocycles. The number of amides is 1. The SMILES string of the molecule is CCCCN1C(=O)C(=O)/C(=C(\O)c2ccc(OC)c(Cl)c2)C1c1ccc(OC)c(O)c1. The number of carbonyl (C=O) groups excluding carboxylic acids is 2. The number of rotatable bonds is 7. The van der Waals surface area contributed by atoms with Gasteiger partial charge in [0.25, 0.3) is 11.7 Å². The Morgan fingerprint density at radius 3 is 2.35 bits per heavy atom. The number of halogens is 1. The Bertz CT molecular complexity index is 1050. The summed E-state index contributed by atoms with van der Waals surface area (Å²) < 4.78 is 10.2. The van der Waals surface area contributed by atoms with E-state index in [1.54, 1.807) is 24.3 Å². The van der Waals surface area contributed by atoms with Crippen molar-refractivity contribution in [2.24, 2.45) is 0 Å². The number of hydrogen-bond donors (Lipinski definition) is 2. The van der Waals surface area contributed by atoms with Crippen LogP contribution in [0.25, 0.3) is 5.76 Å². The number of hydrogen-bond acceptors (Lipinski definition) is 6. The zero-order chi connectivity index (χ0) is 22.7. The molecule has 0 bridgehead atoms. The summed E-state index contributed by atoms with van der Waals surface area (Å²) in [4.78, 5) is 27.2. The van der Waals surface area contributed by atoms with Gasteiger partial charge in [-0.2, -0.15) is 0 Å². The van der Waals surface area contributed by atoms with Gasteiger partial charge in [0.1, 0.15) is 11.5 Å². The van der Waals surface area contributed by atoms with Crippen molar-refractivity contribution in [2.75, 3.05) is 20.8 Å². The second-order valence-corrected chi connectivity index (χ2v) is 7.53. The second-order valence-electron chi connectivity index (χ2n) is 7.13. The summed E-state index contributed by atoms with van der Waals surface area (Å²) in [7, 11) is 2.89. The van der Waals surface area contributed by atoms with Crippen molar-refractivity contribution in [3.8, 4) is 17.2 Å². The minimum Gasteiger partial charge on any atom is -0.507 e. The van der Waals surface area contributed by atoms with Crippen molar-refractivity contribution >= 4 is 29.1 Å². The number of unbranched alkanes of at least 4 members (excludes halogenated alkanes) is 1. The average Bonchev–Trinajstić information content (AvgIpc) is 3.01. The van der Waals surface area contributed by atoms with Crippen LogP contribution >= 0.6 is 11.6 Å². The van der Waals surface area contributed by atoms with Gasteiger partial charge < -0.3 is 24.6 Å². The molecule has 1 aliphatic heterocycles. The predicted octanol–water partition coefficient (Wildman–Crippen LogP) is 4.28. The zero-order valence-electron chi connectivity index (χ0n) is 17.5. The molecular formula is C23H24ClNO6. The fourth-order valence-electron chi connectivity index (χ4n) is 3.63. The molecule has 8 heteroatoms. The van der Waals surface area contributed by atoms with Crippen molar-refractivity contribution in [1.29, 1.82) is 0 Å². The molecule has 1 saturated heterocycles. The van der Waals surface area contributed by atoms with Crippen LogP contribution in [0.1, 0.15) is 36.9 Å². The van der Waals surface area contributed by atoms with Gasteiger partial charge in [0.15, 0.2) is 11.5 Å². The highest BCUT2D eigenvalue weighted by Gasteiger charge is 2.46. The van der Waals surface area contributed by atoms with Crippen LogP contribution in [0.5, 0.6) is 17.2 Å². The van der Waals surface area contributed by atoms with Gasteiger partial charge in [-0.05, 0) is 42.3 Å². The maximum absolute atomic E-state index is 12.9. The lowest BCUT2D eigenvalue weighted by molar-refractivity contribution is -0.139. The number of likely N-dealkylation sites (tertiary alicyclic amines) is 1. The van der Waals surface area contributed by atoms with Gasteiger partial charge in [-0.3, -0.25) is 9.59 Å². The first-order valence-electron chi connectivity index (χ1n) is 9.83. The Kier molecular flexibility index (Phi) is 6.75. The number of nitrogens with zero attached hydrogens (tertiary/aromatic N) is 1. The lowest BCUT2D eigenvalue weighted by Gasteiger charge is -2.25. The van der Waals surface area contributed by atoms with Gasteiger partial charge in [0.05, 0.1) is 30.9 Å². The van der Waals surface area contributed by atoms with E-state index < -0.39 is 17.7 Å². The van der Waals surface area contributed by atoms with Gasteiger partial charge in [-0.25, -0.2) is 0 Å². The van der Waals surface area contributed by atoms with E-state index in [4.69, 9.17) is 21.1 Å². The number of Topliss-reactive ketones (excluding diaryl/α,β-unsaturated/α-hetero) is 1. The standard InChI is InChI=1S/C23H24ClNO6/c1-4-5-10-25-20(13-6-9-18(31-3)16(26)12-13)19(22(28)23(25)29)21(27)14-7-8-17(30-2)15(24)11-14/h6-9,11-12,20,26-27H,4-5,10H2,1-3H3/b21-19-. The van der Waals surface area contributed by atoms with Crippen LogP contribution in [-0.2, 0) is 9.59 Å². The number of aliphatic hydroxyl groups is 1. The topological polar surface area (TPSA) is 96.3 Å². The highest BCUT2D eigenvalue weighted by Crippen LogP contribution is 2.42. The van der Waals surface area contributed by atoms with Crippen LogP contribution < -0.4 is 9.47 Å². The minimum atomic E-state index is -0.857. The second kappa shape index (κ2) is 9.31. The maximum Gasteiger partial charge on any atom is 0.295 e. The van der Waals surface area contributed by atoms with Crippen molar-refractivity contribution in [1.82, 2.24) is 4.90 Å². The molecule has 3 rings (SSSR count). The van der Waals surface area contributed by atoms with Gasteiger partial charge in [-0.1, -0.05) is 31.0 Å². The molecule has 2 N–H and O–H groups in total. The molecule has 0 radical (unpaired) electrons. The monoisotopic (exact) mass is 445 g/mol. The Morgan fingerprint density at radius 1 is 1.10 bits per heavy atom. The first kappa shape index (κ1) is 22.5. The Labute approximate surface area is 185 Å². The Morgan fingerprint density at radius 2 is 1.77 bits per heavy atom. The molecule has 1 amide bonds. The van der Waals surface area contributed by atoms with Crippen molar-refractivity contribution in [2.45, 2.75) is 25.8 Å². The summed E-state index contributed by atoms with van der Waals surface area (Å²) >= 11 is 6.18. The molecular weight excluding hydrogens is 422 g/mol. The number of phenolic OH excluding ortho intramolecular Hbond substituents is 1. The maximum atomic E-state index is 12.9. The fraction of sp³-hybridized carbons (Fsp3) is 0.304. The van der Waals surface area contributed by atoms with Gasteiger partial charge in [0, 0.05) is 12.1 Å². The number of phenols is 1. The number of carbonyl (C=O) groups is 2. The number of aliphatic hydroxyl groups excluding tert-OH is 1. The van der Waals surface area contributed by atoms with Crippen LogP contribution in [0.2, 0.25) is 5.02 Å². The summed E-state index contributed by atoms with van der Waals surface area (Å²) in [6, 6.07) is 8.38. The van der Waals surface area contributed by atoms with Gasteiger partial charge in [0.2, 0.25) is 0 Å². The van der Waals surface area contributed by atoms with Crippen LogP contribution in [0.3, 0.4) is 0 Å². The van der Waals surface area contributed by atoms with E-state index in [2.05, 4.69) is 0 Å². The van der Waals surface area contributed by atoms with Crippen LogP contribution in [0, 0.1) is 0 Å². The predicted molar refractivity (Wildman–Crippen MR) is 117 cm³/mol. The Balaban J connectivity index is 2.18. The van der Waals surface area contributed by atoms with Crippen molar-refractivity contribution < 1.29 is 29.3 Å². The first-order chi connectivity index (χ1) is 14.8. The molecule has 1 unspecified atom stereocenters. The smallest absolute Gasteiger partial charge is 0.295 e. The highest BCUT2D eigenvalue weighted by molar-refractivity contribution is 6.46. The number of ether oxygens (including phenoxy) is 2. The molecule has 1 atom stereocenters. The lowest BCUT2D eigenvalue weighted by Crippen LogP contribution is -2.30. The van der Waals surface area contributed by atoms with Crippen molar-refractivity contribution in [3.05, 3.63) is 58.1 Å². The number of methoxy groups -OCH3 is 2. The van der Waals surface area contributed by atoms with Crippen molar-refractivity contribution in [3.63, 3.8) is 0 Å². The zero-order valence-corrected chi connectivity index (χ0v) is 18.3. The normalized spacial score (nSPS) is 17.8. The average molecular weight is 446 g/mol. The quantitative estimate of drug-likeness (QED) is 0.375. The van der Waals surface area contributed by atoms with Gasteiger partial charge >= 0.3 is 0 Å². The van der Waals surface area contributed by atoms with E-state index in [1.165, 1.54) is 31.3 Å². The summed E-state index contributed by atoms with van der Waals surface area (Å²) in [6.45, 7) is 2.31. The molecule has 2 aromatic carbocycles. The van der Waals surface area contributed by atoms with Gasteiger partial charge in [-0.15, -0.1) is 0 Å². The third-order valence-corrected chi connectivity index (χ3v) is 5.53. The largest absolute Gasteiger partial charge is 0.507 e. The molecule has 2 aromatic rings. The highest BCUT2D eigenvalue weighted by atomic mass is 35.5. The summed E-state index contributed by atoms with van der Waals surface area (Å²) in [5.41, 5.74) is 0.698. The molecule has 0 aliphatic carbocycles. The summed E-state index contributed by atoms with van der Waals surface area (Å²) in [5, 5.41) is 21.5. The molecule has 164 valence electrons. The summed E-state index contributed by atoms with van der Waals surface area (Å²) in [6.07, 6.45) is 1.50. The molecule has 0 spiro atoms. The third-order valence-electron chi connectivity index (χ3n) is 5.24.